The molecule has 0 bridgehead atoms. The van der Waals surface area contributed by atoms with Crippen molar-refractivity contribution < 1.29 is 49.8 Å². The normalized spacial score (nSPS) is 28.1. The van der Waals surface area contributed by atoms with Crippen molar-refractivity contribution in [3.8, 4) is 0 Å². The zero-order valence-electron chi connectivity index (χ0n) is 16.3. The maximum absolute atomic E-state index is 12.2. The number of nitrogens with two attached hydrogens (primary N) is 1. The van der Waals surface area contributed by atoms with Crippen LogP contribution in [-0.2, 0) is 19.1 Å². The Labute approximate surface area is 190 Å². The van der Waals surface area contributed by atoms with Crippen molar-refractivity contribution in [1.82, 2.24) is 19.5 Å². The summed E-state index contributed by atoms with van der Waals surface area (Å²) in [5.41, 5.74) is -2.36. The van der Waals surface area contributed by atoms with Gasteiger partial charge in [0.2, 0.25) is 5.95 Å². The molecule has 0 amide bonds. The van der Waals surface area contributed by atoms with E-state index < -0.39 is 84.0 Å². The first-order valence-electron chi connectivity index (χ1n) is 9.02. The van der Waals surface area contributed by atoms with E-state index in [2.05, 4.69) is 30.9 Å². The number of halogens is 1. The lowest BCUT2D eigenvalue weighted by Crippen LogP contribution is -2.63. The van der Waals surface area contributed by atoms with Gasteiger partial charge in [-0.1, -0.05) is 0 Å². The van der Waals surface area contributed by atoms with E-state index in [1.54, 1.807) is 0 Å². The molecule has 180 valence electrons. The molecule has 0 aromatic carbocycles. The van der Waals surface area contributed by atoms with E-state index in [9.17, 15) is 49.8 Å². The number of hydrogen-bond donors (Lipinski definition) is 5. The second kappa shape index (κ2) is 8.34. The minimum Gasteiger partial charge on any atom is -0.550 e. The molecular formula is C16H15BrN5O11-3. The van der Waals surface area contributed by atoms with E-state index in [0.29, 0.717) is 0 Å². The number of aromatic nitrogens is 4. The molecule has 2 aromatic heterocycles. The number of fused-ring (bicyclic) bond motifs is 1. The van der Waals surface area contributed by atoms with Crippen molar-refractivity contribution in [2.45, 2.75) is 48.9 Å². The lowest BCUT2D eigenvalue weighted by atomic mass is 9.73. The Kier molecular flexibility index (Phi) is 6.20. The number of hydrogen-bond acceptors (Lipinski definition) is 14. The van der Waals surface area contributed by atoms with Crippen LogP contribution < -0.4 is 26.6 Å². The van der Waals surface area contributed by atoms with Gasteiger partial charge in [0.05, 0.1) is 6.10 Å². The topological polar surface area (TPSA) is 280 Å². The van der Waals surface area contributed by atoms with Crippen LogP contribution in [0.2, 0.25) is 0 Å². The zero-order valence-corrected chi connectivity index (χ0v) is 17.8. The van der Waals surface area contributed by atoms with Gasteiger partial charge >= 0.3 is 0 Å². The molecule has 1 aliphatic heterocycles. The summed E-state index contributed by atoms with van der Waals surface area (Å²) in [6, 6.07) is 0. The van der Waals surface area contributed by atoms with Crippen molar-refractivity contribution in [2.24, 2.45) is 0 Å². The predicted octanol–water partition coefficient (Wildman–Crippen LogP) is -6.40. The van der Waals surface area contributed by atoms with Crippen LogP contribution in [0.4, 0.5) is 5.95 Å². The Morgan fingerprint density at radius 1 is 1.15 bits per heavy atom. The van der Waals surface area contributed by atoms with Crippen molar-refractivity contribution >= 4 is 51.0 Å². The van der Waals surface area contributed by atoms with Crippen molar-refractivity contribution in [3.63, 3.8) is 0 Å². The number of imidazole rings is 1. The van der Waals surface area contributed by atoms with Crippen LogP contribution in [-0.4, -0.2) is 76.2 Å². The van der Waals surface area contributed by atoms with Crippen molar-refractivity contribution in [3.05, 3.63) is 15.1 Å². The third-order valence-corrected chi connectivity index (χ3v) is 5.78. The average molecular weight is 533 g/mol. The number of anilines is 1. The number of carboxylic acid groups (broad SMARTS) is 3. The number of nitrogens with one attached hydrogen (secondary N) is 1. The van der Waals surface area contributed by atoms with Gasteiger partial charge in [-0.05, 0) is 15.9 Å². The summed E-state index contributed by atoms with van der Waals surface area (Å²) in [7, 11) is 0. The summed E-state index contributed by atoms with van der Waals surface area (Å²) in [5, 5.41) is 66.7. The molecule has 1 aliphatic rings. The molecule has 0 radical (unpaired) electrons. The Bertz CT molecular complexity index is 1200. The highest BCUT2D eigenvalue weighted by Gasteiger charge is 2.68. The fourth-order valence-corrected chi connectivity index (χ4v) is 4.43. The fraction of sp³-hybridized carbons (Fsp3) is 0.500. The molecule has 1 saturated heterocycles. The van der Waals surface area contributed by atoms with Gasteiger partial charge < -0.3 is 55.5 Å². The molecule has 16 nitrogen and oxygen atoms in total. The number of ether oxygens (including phenoxy) is 1. The number of nitrogen functional groups attached to an aromatic ring is 1. The highest BCUT2D eigenvalue weighted by molar-refractivity contribution is 9.10. The number of carbonyl (C=O) groups is 3. The summed E-state index contributed by atoms with van der Waals surface area (Å²) >= 11 is 2.97. The number of H-pyrrole nitrogens is 1. The molecule has 3 heterocycles. The van der Waals surface area contributed by atoms with Crippen LogP contribution in [0.1, 0.15) is 25.5 Å². The fourth-order valence-electron chi connectivity index (χ4n) is 3.90. The van der Waals surface area contributed by atoms with E-state index >= 15 is 0 Å². The molecular weight excluding hydrogens is 518 g/mol. The monoisotopic (exact) mass is 532 g/mol. The SMILES string of the molecule is Nc1nc2c(nc(Br)n2[C@@H]2O[C@H](C(O)CC(=O)[O-])[C@](O)(CC(=O)[O-])[C@]2(O)CC(=O)[O-])c(=O)[nH]1. The molecule has 6 N–H and O–H groups in total. The lowest BCUT2D eigenvalue weighted by molar-refractivity contribution is -0.321. The maximum Gasteiger partial charge on any atom is 0.280 e. The quantitative estimate of drug-likeness (QED) is 0.197. The molecule has 17 heteroatoms. The maximum atomic E-state index is 12.2. The van der Waals surface area contributed by atoms with Gasteiger partial charge in [0, 0.05) is 37.2 Å². The molecule has 0 saturated carbocycles. The van der Waals surface area contributed by atoms with Crippen LogP contribution >= 0.6 is 15.9 Å². The first-order chi connectivity index (χ1) is 15.2. The lowest BCUT2D eigenvalue weighted by Gasteiger charge is -2.42. The molecule has 1 fully saturated rings. The summed E-state index contributed by atoms with van der Waals surface area (Å²) in [6.07, 6.45) is -10.7. The zero-order chi connectivity index (χ0) is 24.9. The second-order valence-electron chi connectivity index (χ2n) is 7.37. The standard InChI is InChI=1S/C16H18BrN5O11/c17-13-19-8-10(20-14(18)21-11(8)30)22(13)12-16(32,3-7(28)29)15(31,2-6(26)27)9(33-12)4(23)1-5(24)25/h4,9,12,23,31-32H,1-3H2,(H,24,25)(H,26,27)(H,28,29)(H3,18,20,21,30)/p-3/t4?,9-,12-,15-,16+/m1/s1. The smallest absolute Gasteiger partial charge is 0.280 e. The predicted molar refractivity (Wildman–Crippen MR) is 98.9 cm³/mol. The Morgan fingerprint density at radius 2 is 1.73 bits per heavy atom. The molecule has 0 spiro atoms. The summed E-state index contributed by atoms with van der Waals surface area (Å²) in [5.74, 6) is -6.24. The third-order valence-electron chi connectivity index (χ3n) is 5.22. The van der Waals surface area contributed by atoms with Gasteiger partial charge in [0.25, 0.3) is 5.56 Å². The van der Waals surface area contributed by atoms with E-state index in [4.69, 9.17) is 10.5 Å². The number of rotatable bonds is 8. The third kappa shape index (κ3) is 4.04. The second-order valence-corrected chi connectivity index (χ2v) is 8.08. The number of carbonyl (C=O) groups excluding carboxylic acids is 3. The average Bonchev–Trinajstić information content (AvgIpc) is 3.06. The minimum atomic E-state index is -3.14. The summed E-state index contributed by atoms with van der Waals surface area (Å²) < 4.78 is 5.91. The number of carboxylic acids is 3. The molecule has 3 rings (SSSR count). The van der Waals surface area contributed by atoms with Crippen LogP contribution in [0.25, 0.3) is 11.2 Å². The number of aromatic amines is 1. The summed E-state index contributed by atoms with van der Waals surface area (Å²) in [6.45, 7) is 0. The highest BCUT2D eigenvalue weighted by atomic mass is 79.9. The van der Waals surface area contributed by atoms with Gasteiger partial charge in [-0.25, -0.2) is 4.98 Å². The minimum absolute atomic E-state index is 0.311. The first-order valence-corrected chi connectivity index (χ1v) is 9.81. The van der Waals surface area contributed by atoms with Gasteiger partial charge in [0.1, 0.15) is 17.3 Å². The van der Waals surface area contributed by atoms with Crippen molar-refractivity contribution in [1.29, 1.82) is 0 Å². The van der Waals surface area contributed by atoms with Crippen LogP contribution in [0, 0.1) is 0 Å². The van der Waals surface area contributed by atoms with Crippen molar-refractivity contribution in [2.75, 3.05) is 5.73 Å². The Morgan fingerprint density at radius 3 is 2.27 bits per heavy atom. The van der Waals surface area contributed by atoms with E-state index in [-0.39, 0.29) is 10.3 Å². The molecule has 1 unspecified atom stereocenters. The Hall–Kier alpha value is -3.12. The number of aliphatic hydroxyl groups is 3. The van der Waals surface area contributed by atoms with Gasteiger partial charge in [0.15, 0.2) is 22.1 Å². The van der Waals surface area contributed by atoms with Crippen LogP contribution in [0.5, 0.6) is 0 Å². The molecule has 33 heavy (non-hydrogen) atoms. The van der Waals surface area contributed by atoms with Gasteiger partial charge in [-0.2, -0.15) is 4.98 Å². The first kappa shape index (κ1) is 24.5. The van der Waals surface area contributed by atoms with E-state index in [0.717, 1.165) is 4.57 Å². The molecule has 2 aromatic rings. The van der Waals surface area contributed by atoms with Crippen LogP contribution in [0.15, 0.2) is 9.53 Å². The van der Waals surface area contributed by atoms with Gasteiger partial charge in [-0.3, -0.25) is 14.3 Å². The largest absolute Gasteiger partial charge is 0.550 e. The summed E-state index contributed by atoms with van der Waals surface area (Å²) in [4.78, 5) is 55.8. The number of aliphatic hydroxyl groups excluding tert-OH is 1. The number of aliphatic carboxylic acids is 3. The molecule has 5 atom stereocenters. The number of nitrogens with zero attached hydrogens (tertiary/aromatic N) is 3. The molecule has 0 aliphatic carbocycles. The van der Waals surface area contributed by atoms with E-state index in [1.807, 2.05) is 0 Å². The van der Waals surface area contributed by atoms with Crippen LogP contribution in [0.3, 0.4) is 0 Å². The van der Waals surface area contributed by atoms with E-state index in [1.165, 1.54) is 0 Å². The highest BCUT2D eigenvalue weighted by Crippen LogP contribution is 2.51. The van der Waals surface area contributed by atoms with Gasteiger partial charge in [-0.15, -0.1) is 0 Å². The Balaban J connectivity index is 2.30.